The van der Waals surface area contributed by atoms with E-state index in [-0.39, 0.29) is 18.8 Å². The van der Waals surface area contributed by atoms with Crippen LogP contribution in [0.4, 0.5) is 5.82 Å². The first-order chi connectivity index (χ1) is 8.02. The molecule has 0 aromatic carbocycles. The number of aliphatic hydroxyl groups is 2. The molecule has 17 heavy (non-hydrogen) atoms. The summed E-state index contributed by atoms with van der Waals surface area (Å²) in [4.78, 5) is 15.2. The molecule has 7 nitrogen and oxygen atoms in total. The molecule has 0 amide bonds. The molecule has 1 saturated heterocycles. The van der Waals surface area contributed by atoms with Crippen LogP contribution in [0, 0.1) is 0 Å². The number of aliphatic hydroxyl groups excluding tert-OH is 2. The van der Waals surface area contributed by atoms with Gasteiger partial charge in [0.1, 0.15) is 18.1 Å². The molecule has 1 aliphatic rings. The predicted octanol–water partition coefficient (Wildman–Crippen LogP) is -0.771. The van der Waals surface area contributed by atoms with Crippen LogP contribution in [0.1, 0.15) is 12.6 Å². The van der Waals surface area contributed by atoms with Gasteiger partial charge in [-0.05, 0) is 15.9 Å². The highest BCUT2D eigenvalue weighted by Gasteiger charge is 2.35. The van der Waals surface area contributed by atoms with Crippen LogP contribution in [0.2, 0.25) is 0 Å². The van der Waals surface area contributed by atoms with Gasteiger partial charge < -0.3 is 20.7 Å². The lowest BCUT2D eigenvalue weighted by molar-refractivity contribution is -0.0459. The first-order valence-corrected chi connectivity index (χ1v) is 5.80. The third-order valence-corrected chi connectivity index (χ3v) is 3.24. The Morgan fingerprint density at radius 2 is 2.41 bits per heavy atom. The quantitative estimate of drug-likeness (QED) is 0.662. The zero-order valence-corrected chi connectivity index (χ0v) is 10.4. The second-order valence-electron chi connectivity index (χ2n) is 3.78. The minimum Gasteiger partial charge on any atom is -0.394 e. The number of ether oxygens (including phenoxy) is 1. The molecule has 3 atom stereocenters. The summed E-state index contributed by atoms with van der Waals surface area (Å²) in [5, 5.41) is 18.5. The van der Waals surface area contributed by atoms with Crippen molar-refractivity contribution in [2.75, 3.05) is 12.3 Å². The molecule has 0 spiro atoms. The van der Waals surface area contributed by atoms with Gasteiger partial charge in [0.25, 0.3) is 0 Å². The number of nitrogens with two attached hydrogens (primary N) is 1. The first-order valence-electron chi connectivity index (χ1n) is 5.01. The number of hydrogen-bond donors (Lipinski definition) is 3. The van der Waals surface area contributed by atoms with E-state index in [1.165, 1.54) is 10.8 Å². The maximum atomic E-state index is 11.6. The normalized spacial score (nSPS) is 28.5. The van der Waals surface area contributed by atoms with Crippen molar-refractivity contribution in [2.24, 2.45) is 0 Å². The number of aromatic nitrogens is 2. The summed E-state index contributed by atoms with van der Waals surface area (Å²) >= 11 is 3.16. The van der Waals surface area contributed by atoms with Crippen LogP contribution in [0.25, 0.3) is 0 Å². The summed E-state index contributed by atoms with van der Waals surface area (Å²) in [7, 11) is 0. The van der Waals surface area contributed by atoms with Crippen molar-refractivity contribution in [1.29, 1.82) is 0 Å². The Hall–Kier alpha value is -0.960. The summed E-state index contributed by atoms with van der Waals surface area (Å²) in [6.07, 6.45) is -0.430. The number of nitrogen functional groups attached to an aromatic ring is 1. The summed E-state index contributed by atoms with van der Waals surface area (Å²) < 4.78 is 7.06. The van der Waals surface area contributed by atoms with Crippen molar-refractivity contribution >= 4 is 21.7 Å². The number of nitrogens with zero attached hydrogens (tertiary/aromatic N) is 2. The molecule has 94 valence electrons. The van der Waals surface area contributed by atoms with Crippen LogP contribution in [0.3, 0.4) is 0 Å². The highest BCUT2D eigenvalue weighted by atomic mass is 79.9. The van der Waals surface area contributed by atoms with Crippen LogP contribution in [-0.2, 0) is 4.74 Å². The van der Waals surface area contributed by atoms with Crippen LogP contribution in [-0.4, -0.2) is 38.6 Å². The fourth-order valence-electron chi connectivity index (χ4n) is 1.71. The summed E-state index contributed by atoms with van der Waals surface area (Å²) in [6, 6.07) is 0. The third kappa shape index (κ3) is 2.34. The molecule has 0 bridgehead atoms. The van der Waals surface area contributed by atoms with Crippen molar-refractivity contribution < 1.29 is 14.9 Å². The lowest BCUT2D eigenvalue weighted by atomic mass is 10.2. The monoisotopic (exact) mass is 305 g/mol. The van der Waals surface area contributed by atoms with Crippen molar-refractivity contribution in [1.82, 2.24) is 9.55 Å². The molecule has 2 heterocycles. The Labute approximate surface area is 105 Å². The SMILES string of the molecule is Nc1nc(=O)n([C@H]2CC(O)[C@@H](CO)O2)cc1Br. The number of hydrogen-bond acceptors (Lipinski definition) is 6. The van der Waals surface area contributed by atoms with Gasteiger partial charge in [-0.2, -0.15) is 4.98 Å². The van der Waals surface area contributed by atoms with Gasteiger partial charge in [0.15, 0.2) is 0 Å². The van der Waals surface area contributed by atoms with E-state index in [1.807, 2.05) is 0 Å². The number of halogens is 1. The lowest BCUT2D eigenvalue weighted by Gasteiger charge is -2.14. The second-order valence-corrected chi connectivity index (χ2v) is 4.63. The third-order valence-electron chi connectivity index (χ3n) is 2.63. The fraction of sp³-hybridized carbons (Fsp3) is 0.556. The Kier molecular flexibility index (Phi) is 3.48. The minimum atomic E-state index is -0.798. The average Bonchev–Trinajstić information content (AvgIpc) is 2.65. The van der Waals surface area contributed by atoms with Gasteiger partial charge in [0.2, 0.25) is 0 Å². The second kappa shape index (κ2) is 4.73. The smallest absolute Gasteiger partial charge is 0.351 e. The van der Waals surface area contributed by atoms with Gasteiger partial charge in [-0.3, -0.25) is 4.57 Å². The minimum absolute atomic E-state index is 0.100. The van der Waals surface area contributed by atoms with E-state index in [0.717, 1.165) is 0 Å². The lowest BCUT2D eigenvalue weighted by Crippen LogP contribution is -2.28. The Bertz CT molecular complexity index is 478. The van der Waals surface area contributed by atoms with Crippen LogP contribution >= 0.6 is 15.9 Å². The molecule has 0 saturated carbocycles. The maximum Gasteiger partial charge on any atom is 0.351 e. The largest absolute Gasteiger partial charge is 0.394 e. The van der Waals surface area contributed by atoms with Crippen LogP contribution in [0.15, 0.2) is 15.5 Å². The molecule has 1 aliphatic heterocycles. The van der Waals surface area contributed by atoms with E-state index < -0.39 is 24.1 Å². The van der Waals surface area contributed by atoms with Crippen molar-refractivity contribution in [3.8, 4) is 0 Å². The Morgan fingerprint density at radius 3 is 3.00 bits per heavy atom. The van der Waals surface area contributed by atoms with Gasteiger partial charge in [-0.1, -0.05) is 0 Å². The van der Waals surface area contributed by atoms with Gasteiger partial charge in [0.05, 0.1) is 17.2 Å². The molecule has 1 aromatic heterocycles. The maximum absolute atomic E-state index is 11.6. The molecule has 4 N–H and O–H groups in total. The molecular weight excluding hydrogens is 294 g/mol. The molecule has 1 unspecified atom stereocenters. The molecule has 0 aliphatic carbocycles. The van der Waals surface area contributed by atoms with Gasteiger partial charge in [0, 0.05) is 12.6 Å². The fourth-order valence-corrected chi connectivity index (χ4v) is 2.02. The van der Waals surface area contributed by atoms with E-state index >= 15 is 0 Å². The van der Waals surface area contributed by atoms with E-state index in [0.29, 0.717) is 4.47 Å². The molecule has 1 fully saturated rings. The molecule has 1 aromatic rings. The summed E-state index contributed by atoms with van der Waals surface area (Å²) in [5.41, 5.74) is 4.91. The zero-order valence-electron chi connectivity index (χ0n) is 8.78. The van der Waals surface area contributed by atoms with Crippen LogP contribution in [0.5, 0.6) is 0 Å². The first kappa shape index (κ1) is 12.5. The van der Waals surface area contributed by atoms with E-state index in [4.69, 9.17) is 15.6 Å². The number of rotatable bonds is 2. The predicted molar refractivity (Wildman–Crippen MR) is 62.2 cm³/mol. The molecular formula is C9H12BrN3O4. The highest BCUT2D eigenvalue weighted by Crippen LogP contribution is 2.28. The van der Waals surface area contributed by atoms with Crippen molar-refractivity contribution in [3.63, 3.8) is 0 Å². The topological polar surface area (TPSA) is 111 Å². The zero-order chi connectivity index (χ0) is 12.6. The molecule has 2 rings (SSSR count). The molecule has 0 radical (unpaired) electrons. The summed E-state index contributed by atoms with van der Waals surface area (Å²) in [6.45, 7) is -0.296. The van der Waals surface area contributed by atoms with E-state index in [9.17, 15) is 9.90 Å². The molecule has 8 heteroatoms. The van der Waals surface area contributed by atoms with Crippen molar-refractivity contribution in [3.05, 3.63) is 21.2 Å². The van der Waals surface area contributed by atoms with E-state index in [2.05, 4.69) is 20.9 Å². The standard InChI is InChI=1S/C9H12BrN3O4/c10-4-2-13(9(16)12-8(4)11)7-1-5(15)6(3-14)17-7/h2,5-7,14-15H,1,3H2,(H2,11,12,16)/t5?,6-,7-/m1/s1. The van der Waals surface area contributed by atoms with E-state index in [1.54, 1.807) is 0 Å². The van der Waals surface area contributed by atoms with Gasteiger partial charge in [-0.15, -0.1) is 0 Å². The Balaban J connectivity index is 2.30. The van der Waals surface area contributed by atoms with Gasteiger partial charge in [-0.25, -0.2) is 4.79 Å². The van der Waals surface area contributed by atoms with Crippen LogP contribution < -0.4 is 11.4 Å². The van der Waals surface area contributed by atoms with Gasteiger partial charge >= 0.3 is 5.69 Å². The summed E-state index contributed by atoms with van der Waals surface area (Å²) in [5.74, 6) is 0.100. The highest BCUT2D eigenvalue weighted by molar-refractivity contribution is 9.10. The van der Waals surface area contributed by atoms with Crippen molar-refractivity contribution in [2.45, 2.75) is 24.9 Å². The number of anilines is 1. The Morgan fingerprint density at radius 1 is 1.71 bits per heavy atom. The average molecular weight is 306 g/mol.